The fourth-order valence-electron chi connectivity index (χ4n) is 3.41. The Kier molecular flexibility index (Phi) is 6.33. The lowest BCUT2D eigenvalue weighted by Crippen LogP contribution is -2.35. The molecular formula is C19H28N6O3. The van der Waals surface area contributed by atoms with Crippen molar-refractivity contribution >= 4 is 17.8 Å². The van der Waals surface area contributed by atoms with Crippen molar-refractivity contribution in [1.82, 2.24) is 25.3 Å². The van der Waals surface area contributed by atoms with Crippen LogP contribution in [0.5, 0.6) is 0 Å². The van der Waals surface area contributed by atoms with Gasteiger partial charge < -0.3 is 15.4 Å². The van der Waals surface area contributed by atoms with Crippen molar-refractivity contribution in [1.29, 1.82) is 0 Å². The molecule has 28 heavy (non-hydrogen) atoms. The quantitative estimate of drug-likeness (QED) is 0.674. The summed E-state index contributed by atoms with van der Waals surface area (Å²) >= 11 is 0. The zero-order valence-corrected chi connectivity index (χ0v) is 16.6. The average Bonchev–Trinajstić information content (AvgIpc) is 3.36. The summed E-state index contributed by atoms with van der Waals surface area (Å²) in [5, 5.41) is 17.0. The summed E-state index contributed by atoms with van der Waals surface area (Å²) in [7, 11) is 1.81. The van der Waals surface area contributed by atoms with Crippen molar-refractivity contribution in [2.75, 3.05) is 5.32 Å². The number of aromatic nitrogens is 4. The molecule has 1 fully saturated rings. The number of H-pyrrole nitrogens is 1. The third-order valence-electron chi connectivity index (χ3n) is 5.07. The highest BCUT2D eigenvalue weighted by Crippen LogP contribution is 2.34. The van der Waals surface area contributed by atoms with E-state index in [1.807, 2.05) is 33.2 Å². The first-order valence-corrected chi connectivity index (χ1v) is 9.72. The largest absolute Gasteiger partial charge is 0.447 e. The van der Waals surface area contributed by atoms with E-state index in [2.05, 4.69) is 25.9 Å². The number of nitrogens with zero attached hydrogens (tertiary/aromatic N) is 3. The number of hydrogen-bond donors (Lipinski definition) is 3. The summed E-state index contributed by atoms with van der Waals surface area (Å²) < 4.78 is 6.94. The molecule has 3 N–H and O–H groups in total. The van der Waals surface area contributed by atoms with Crippen molar-refractivity contribution in [2.45, 2.75) is 64.0 Å². The molecule has 2 aromatic rings. The fraction of sp³-hybridized carbons (Fsp3) is 0.579. The second-order valence-electron chi connectivity index (χ2n) is 7.43. The van der Waals surface area contributed by atoms with Crippen molar-refractivity contribution in [3.8, 4) is 0 Å². The van der Waals surface area contributed by atoms with Crippen molar-refractivity contribution < 1.29 is 14.3 Å². The first-order chi connectivity index (χ1) is 13.4. The molecule has 152 valence electrons. The van der Waals surface area contributed by atoms with E-state index in [-0.39, 0.29) is 36.5 Å². The number of hydrogen-bond acceptors (Lipinski definition) is 5. The van der Waals surface area contributed by atoms with Crippen molar-refractivity contribution in [2.24, 2.45) is 7.05 Å². The number of aryl methyl sites for hydroxylation is 1. The van der Waals surface area contributed by atoms with Gasteiger partial charge in [0.15, 0.2) is 5.82 Å². The summed E-state index contributed by atoms with van der Waals surface area (Å²) in [6, 6.07) is 1.96. The lowest BCUT2D eigenvalue weighted by Gasteiger charge is -2.16. The van der Waals surface area contributed by atoms with E-state index >= 15 is 0 Å². The molecule has 1 aliphatic rings. The summed E-state index contributed by atoms with van der Waals surface area (Å²) in [5.41, 5.74) is 1.82. The number of carbonyl (C=O) groups is 2. The molecule has 1 saturated carbocycles. The lowest BCUT2D eigenvalue weighted by atomic mass is 10.0. The van der Waals surface area contributed by atoms with Gasteiger partial charge in [-0.25, -0.2) is 4.79 Å². The van der Waals surface area contributed by atoms with Crippen LogP contribution in [0.1, 0.15) is 56.7 Å². The van der Waals surface area contributed by atoms with E-state index in [1.54, 1.807) is 10.9 Å². The summed E-state index contributed by atoms with van der Waals surface area (Å²) in [6.07, 6.45) is 6.76. The monoisotopic (exact) mass is 388 g/mol. The maximum Gasteiger partial charge on any atom is 0.407 e. The van der Waals surface area contributed by atoms with E-state index in [4.69, 9.17) is 4.74 Å². The van der Waals surface area contributed by atoms with Gasteiger partial charge in [0.1, 0.15) is 6.10 Å². The van der Waals surface area contributed by atoms with Crippen LogP contribution in [0, 0.1) is 0 Å². The third kappa shape index (κ3) is 5.34. The molecule has 2 amide bonds. The number of alkyl carbamates (subject to hydrolysis) is 1. The fourth-order valence-corrected chi connectivity index (χ4v) is 3.41. The van der Waals surface area contributed by atoms with Crippen LogP contribution in [0.15, 0.2) is 18.5 Å². The Labute approximate surface area is 164 Å². The van der Waals surface area contributed by atoms with Crippen LogP contribution in [-0.4, -0.2) is 44.1 Å². The Hall–Kier alpha value is -2.84. The van der Waals surface area contributed by atoms with Crippen LogP contribution in [0.25, 0.3) is 0 Å². The Morgan fingerprint density at radius 3 is 2.96 bits per heavy atom. The number of nitrogens with one attached hydrogen (secondary N) is 3. The Morgan fingerprint density at radius 1 is 1.43 bits per heavy atom. The molecule has 0 saturated heterocycles. The molecule has 3 rings (SSSR count). The average molecular weight is 388 g/mol. The summed E-state index contributed by atoms with van der Waals surface area (Å²) in [5.74, 6) is 0.645. The molecule has 0 aromatic carbocycles. The second kappa shape index (κ2) is 8.90. The van der Waals surface area contributed by atoms with Gasteiger partial charge in [-0.1, -0.05) is 6.92 Å². The molecule has 9 heteroatoms. The SMILES string of the molecule is CCC(C)OC(=O)NC1CCC(c2cc(NC(=O)Cc3cnn(C)c3)n[nH]2)C1. The van der Waals surface area contributed by atoms with E-state index < -0.39 is 0 Å². The molecule has 1 aliphatic carbocycles. The van der Waals surface area contributed by atoms with E-state index in [1.165, 1.54) is 0 Å². The number of rotatable bonds is 7. The van der Waals surface area contributed by atoms with E-state index in [0.29, 0.717) is 5.82 Å². The molecular weight excluding hydrogens is 360 g/mol. The van der Waals surface area contributed by atoms with Gasteiger partial charge in [-0.3, -0.25) is 14.6 Å². The van der Waals surface area contributed by atoms with Crippen LogP contribution >= 0.6 is 0 Å². The van der Waals surface area contributed by atoms with Crippen LogP contribution in [0.2, 0.25) is 0 Å². The predicted molar refractivity (Wildman–Crippen MR) is 104 cm³/mol. The number of aromatic amines is 1. The minimum Gasteiger partial charge on any atom is -0.447 e. The minimum atomic E-state index is -0.354. The lowest BCUT2D eigenvalue weighted by molar-refractivity contribution is -0.115. The van der Waals surface area contributed by atoms with Gasteiger partial charge >= 0.3 is 6.09 Å². The molecule has 0 radical (unpaired) electrons. The van der Waals surface area contributed by atoms with Gasteiger partial charge in [-0.05, 0) is 38.2 Å². The van der Waals surface area contributed by atoms with Crippen LogP contribution in [-0.2, 0) is 23.0 Å². The van der Waals surface area contributed by atoms with Gasteiger partial charge in [-0.15, -0.1) is 0 Å². The number of carbonyl (C=O) groups excluding carboxylic acids is 2. The summed E-state index contributed by atoms with van der Waals surface area (Å²) in [6.45, 7) is 3.86. The third-order valence-corrected chi connectivity index (χ3v) is 5.07. The maximum absolute atomic E-state index is 12.1. The summed E-state index contributed by atoms with van der Waals surface area (Å²) in [4.78, 5) is 24.0. The predicted octanol–water partition coefficient (Wildman–Crippen LogP) is 2.49. The molecule has 0 aliphatic heterocycles. The van der Waals surface area contributed by atoms with Crippen LogP contribution in [0.3, 0.4) is 0 Å². The molecule has 2 aromatic heterocycles. The van der Waals surface area contributed by atoms with Crippen molar-refractivity contribution in [3.05, 3.63) is 29.7 Å². The van der Waals surface area contributed by atoms with Gasteiger partial charge in [-0.2, -0.15) is 10.2 Å². The van der Waals surface area contributed by atoms with Crippen molar-refractivity contribution in [3.63, 3.8) is 0 Å². The first-order valence-electron chi connectivity index (χ1n) is 9.72. The Bertz CT molecular complexity index is 814. The standard InChI is InChI=1S/C19H28N6O3/c1-4-12(2)28-19(27)21-15-6-5-14(8-15)16-9-17(24-23-16)22-18(26)7-13-10-20-25(3)11-13/h9-12,14-15H,4-8H2,1-3H3,(H,21,27)(H2,22,23,24,26). The highest BCUT2D eigenvalue weighted by molar-refractivity contribution is 5.91. The van der Waals surface area contributed by atoms with Crippen LogP contribution in [0.4, 0.5) is 10.6 Å². The second-order valence-corrected chi connectivity index (χ2v) is 7.43. The zero-order chi connectivity index (χ0) is 20.1. The molecule has 3 atom stereocenters. The zero-order valence-electron chi connectivity index (χ0n) is 16.6. The van der Waals surface area contributed by atoms with Gasteiger partial charge in [0, 0.05) is 37.0 Å². The van der Waals surface area contributed by atoms with Gasteiger partial charge in [0.25, 0.3) is 0 Å². The molecule has 3 unspecified atom stereocenters. The Balaban J connectivity index is 1.47. The van der Waals surface area contributed by atoms with Crippen LogP contribution < -0.4 is 10.6 Å². The highest BCUT2D eigenvalue weighted by atomic mass is 16.6. The Morgan fingerprint density at radius 2 is 2.25 bits per heavy atom. The topological polar surface area (TPSA) is 114 Å². The van der Waals surface area contributed by atoms with E-state index in [9.17, 15) is 9.59 Å². The van der Waals surface area contributed by atoms with Gasteiger partial charge in [0.2, 0.25) is 5.91 Å². The number of amides is 2. The van der Waals surface area contributed by atoms with E-state index in [0.717, 1.165) is 36.9 Å². The molecule has 0 spiro atoms. The highest BCUT2D eigenvalue weighted by Gasteiger charge is 2.29. The van der Waals surface area contributed by atoms with Gasteiger partial charge in [0.05, 0.1) is 12.6 Å². The molecule has 2 heterocycles. The molecule has 9 nitrogen and oxygen atoms in total. The smallest absolute Gasteiger partial charge is 0.407 e. The normalized spacial score (nSPS) is 20.0. The maximum atomic E-state index is 12.1. The number of anilines is 1. The minimum absolute atomic E-state index is 0.0809. The number of ether oxygens (including phenoxy) is 1. The first kappa shape index (κ1) is 19.9. The molecule has 0 bridgehead atoms.